The van der Waals surface area contributed by atoms with Gasteiger partial charge in [0.25, 0.3) is 0 Å². The van der Waals surface area contributed by atoms with Crippen LogP contribution < -0.4 is 11.1 Å². The molecule has 0 saturated heterocycles. The fraction of sp³-hybridized carbons (Fsp3) is 0.917. The fourth-order valence-electron chi connectivity index (χ4n) is 2.79. The third-order valence-electron chi connectivity index (χ3n) is 3.82. The van der Waals surface area contributed by atoms with Gasteiger partial charge in [0, 0.05) is 18.0 Å². The average molecular weight is 210 g/mol. The van der Waals surface area contributed by atoms with Gasteiger partial charge in [0.15, 0.2) is 0 Å². The predicted octanol–water partition coefficient (Wildman–Crippen LogP) is 1.42. The summed E-state index contributed by atoms with van der Waals surface area (Å²) in [4.78, 5) is 11.8. The standard InChI is InChI=1S/C12H22N2O/c1-11(2,13)8-14-10(15)9-7-12(9)5-3-4-6-12/h9H,3-8,13H2,1-2H3,(H,14,15). The van der Waals surface area contributed by atoms with Crippen LogP contribution in [-0.4, -0.2) is 18.0 Å². The van der Waals surface area contributed by atoms with E-state index in [1.54, 1.807) is 0 Å². The SMILES string of the molecule is CC(C)(N)CNC(=O)C1CC12CCCC2. The van der Waals surface area contributed by atoms with Crippen LogP contribution in [0, 0.1) is 11.3 Å². The molecule has 3 N–H and O–H groups in total. The Bertz CT molecular complexity index is 261. The van der Waals surface area contributed by atoms with Gasteiger partial charge in [-0.15, -0.1) is 0 Å². The third kappa shape index (κ3) is 2.33. The molecule has 3 heteroatoms. The van der Waals surface area contributed by atoms with Gasteiger partial charge in [-0.25, -0.2) is 0 Å². The largest absolute Gasteiger partial charge is 0.354 e. The lowest BCUT2D eigenvalue weighted by molar-refractivity contribution is -0.123. The van der Waals surface area contributed by atoms with Crippen LogP contribution in [0.4, 0.5) is 0 Å². The summed E-state index contributed by atoms with van der Waals surface area (Å²) in [7, 11) is 0. The van der Waals surface area contributed by atoms with E-state index in [0.717, 1.165) is 6.42 Å². The fourth-order valence-corrected chi connectivity index (χ4v) is 2.79. The monoisotopic (exact) mass is 210 g/mol. The number of amides is 1. The molecule has 2 aliphatic rings. The average Bonchev–Trinajstić information content (AvgIpc) is 2.59. The van der Waals surface area contributed by atoms with Gasteiger partial charge in [-0.1, -0.05) is 12.8 Å². The van der Waals surface area contributed by atoms with E-state index in [1.807, 2.05) is 13.8 Å². The first-order chi connectivity index (χ1) is 6.93. The molecular weight excluding hydrogens is 188 g/mol. The minimum atomic E-state index is -0.298. The highest BCUT2D eigenvalue weighted by atomic mass is 16.2. The van der Waals surface area contributed by atoms with Gasteiger partial charge in [-0.2, -0.15) is 0 Å². The second-order valence-corrected chi connectivity index (χ2v) is 6.03. The van der Waals surface area contributed by atoms with Crippen LogP contribution in [0.5, 0.6) is 0 Å². The molecule has 1 atom stereocenters. The van der Waals surface area contributed by atoms with E-state index in [-0.39, 0.29) is 11.4 Å². The number of carbonyl (C=O) groups is 1. The molecule has 1 amide bonds. The van der Waals surface area contributed by atoms with E-state index in [1.165, 1.54) is 25.7 Å². The normalized spacial score (nSPS) is 28.1. The first-order valence-electron chi connectivity index (χ1n) is 6.00. The topological polar surface area (TPSA) is 55.1 Å². The van der Waals surface area contributed by atoms with Crippen LogP contribution in [0.2, 0.25) is 0 Å². The highest BCUT2D eigenvalue weighted by Crippen LogP contribution is 2.62. The number of carbonyl (C=O) groups excluding carboxylic acids is 1. The molecule has 15 heavy (non-hydrogen) atoms. The van der Waals surface area contributed by atoms with Crippen molar-refractivity contribution in [2.24, 2.45) is 17.1 Å². The van der Waals surface area contributed by atoms with Crippen LogP contribution in [0.25, 0.3) is 0 Å². The molecule has 0 aromatic carbocycles. The van der Waals surface area contributed by atoms with Gasteiger partial charge in [-0.05, 0) is 38.5 Å². The van der Waals surface area contributed by atoms with Crippen molar-refractivity contribution in [3.8, 4) is 0 Å². The van der Waals surface area contributed by atoms with E-state index < -0.39 is 0 Å². The summed E-state index contributed by atoms with van der Waals surface area (Å²) in [5, 5.41) is 2.97. The highest BCUT2D eigenvalue weighted by Gasteiger charge is 2.58. The molecular formula is C12H22N2O. The number of hydrogen-bond acceptors (Lipinski definition) is 2. The number of hydrogen-bond donors (Lipinski definition) is 2. The lowest BCUT2D eigenvalue weighted by Gasteiger charge is -2.19. The number of rotatable bonds is 3. The summed E-state index contributed by atoms with van der Waals surface area (Å²) in [6.07, 6.45) is 6.26. The van der Waals surface area contributed by atoms with Crippen molar-refractivity contribution in [2.45, 2.75) is 51.5 Å². The summed E-state index contributed by atoms with van der Waals surface area (Å²) in [5.41, 5.74) is 5.94. The second-order valence-electron chi connectivity index (χ2n) is 6.03. The number of nitrogens with two attached hydrogens (primary N) is 1. The zero-order valence-electron chi connectivity index (χ0n) is 9.81. The van der Waals surface area contributed by atoms with E-state index >= 15 is 0 Å². The predicted molar refractivity (Wildman–Crippen MR) is 60.3 cm³/mol. The van der Waals surface area contributed by atoms with Gasteiger partial charge in [0.2, 0.25) is 5.91 Å². The Morgan fingerprint density at radius 1 is 1.47 bits per heavy atom. The maximum Gasteiger partial charge on any atom is 0.223 e. The summed E-state index contributed by atoms with van der Waals surface area (Å²) < 4.78 is 0. The molecule has 2 aliphatic carbocycles. The summed E-state index contributed by atoms with van der Waals surface area (Å²) in [5.74, 6) is 0.526. The molecule has 1 unspecified atom stereocenters. The smallest absolute Gasteiger partial charge is 0.223 e. The Kier molecular flexibility index (Phi) is 2.53. The molecule has 0 aromatic rings. The lowest BCUT2D eigenvalue weighted by atomic mass is 10.0. The molecule has 0 aliphatic heterocycles. The summed E-state index contributed by atoms with van der Waals surface area (Å²) in [6.45, 7) is 4.45. The molecule has 0 bridgehead atoms. The Morgan fingerprint density at radius 3 is 2.60 bits per heavy atom. The van der Waals surface area contributed by atoms with E-state index in [4.69, 9.17) is 5.73 Å². The van der Waals surface area contributed by atoms with Crippen molar-refractivity contribution >= 4 is 5.91 Å². The molecule has 2 fully saturated rings. The molecule has 0 heterocycles. The minimum absolute atomic E-state index is 0.232. The molecule has 1 spiro atoms. The van der Waals surface area contributed by atoms with Crippen molar-refractivity contribution in [3.05, 3.63) is 0 Å². The minimum Gasteiger partial charge on any atom is -0.354 e. The van der Waals surface area contributed by atoms with Crippen molar-refractivity contribution < 1.29 is 4.79 Å². The van der Waals surface area contributed by atoms with Gasteiger partial charge in [0.05, 0.1) is 0 Å². The number of nitrogens with one attached hydrogen (secondary N) is 1. The van der Waals surface area contributed by atoms with Crippen molar-refractivity contribution in [1.82, 2.24) is 5.32 Å². The van der Waals surface area contributed by atoms with Gasteiger partial charge < -0.3 is 11.1 Å². The Balaban J connectivity index is 1.79. The molecule has 2 saturated carbocycles. The molecule has 3 nitrogen and oxygen atoms in total. The van der Waals surface area contributed by atoms with Gasteiger partial charge in [0.1, 0.15) is 0 Å². The van der Waals surface area contributed by atoms with Crippen LogP contribution in [-0.2, 0) is 4.79 Å². The second kappa shape index (κ2) is 3.48. The third-order valence-corrected chi connectivity index (χ3v) is 3.82. The zero-order chi connectivity index (χ0) is 11.1. The van der Waals surface area contributed by atoms with Crippen LogP contribution in [0.1, 0.15) is 46.0 Å². The Hall–Kier alpha value is -0.570. The first-order valence-corrected chi connectivity index (χ1v) is 6.00. The lowest BCUT2D eigenvalue weighted by Crippen LogP contribution is -2.45. The van der Waals surface area contributed by atoms with Crippen LogP contribution >= 0.6 is 0 Å². The van der Waals surface area contributed by atoms with Crippen molar-refractivity contribution in [2.75, 3.05) is 6.54 Å². The van der Waals surface area contributed by atoms with Crippen LogP contribution in [0.3, 0.4) is 0 Å². The maximum atomic E-state index is 11.8. The Morgan fingerprint density at radius 2 is 2.07 bits per heavy atom. The molecule has 2 rings (SSSR count). The van der Waals surface area contributed by atoms with E-state index in [9.17, 15) is 4.79 Å². The first kappa shape index (κ1) is 10.9. The Labute approximate surface area is 91.8 Å². The summed E-state index contributed by atoms with van der Waals surface area (Å²) >= 11 is 0. The van der Waals surface area contributed by atoms with Crippen molar-refractivity contribution in [3.63, 3.8) is 0 Å². The molecule has 0 radical (unpaired) electrons. The van der Waals surface area contributed by atoms with Gasteiger partial charge in [-0.3, -0.25) is 4.79 Å². The van der Waals surface area contributed by atoms with Crippen LogP contribution in [0.15, 0.2) is 0 Å². The van der Waals surface area contributed by atoms with Gasteiger partial charge >= 0.3 is 0 Å². The van der Waals surface area contributed by atoms with E-state index in [2.05, 4.69) is 5.32 Å². The molecule has 0 aromatic heterocycles. The zero-order valence-corrected chi connectivity index (χ0v) is 9.81. The maximum absolute atomic E-state index is 11.8. The highest BCUT2D eigenvalue weighted by molar-refractivity contribution is 5.82. The summed E-state index contributed by atoms with van der Waals surface area (Å²) in [6, 6.07) is 0. The van der Waals surface area contributed by atoms with E-state index in [0.29, 0.717) is 17.9 Å². The quantitative estimate of drug-likeness (QED) is 0.740. The molecule has 86 valence electrons. The van der Waals surface area contributed by atoms with Crippen molar-refractivity contribution in [1.29, 1.82) is 0 Å².